The number of hydrogen-bond acceptors (Lipinski definition) is 5. The van der Waals surface area contributed by atoms with Crippen LogP contribution in [0.25, 0.3) is 11.3 Å². The van der Waals surface area contributed by atoms with Crippen molar-refractivity contribution >= 4 is 44.6 Å². The van der Waals surface area contributed by atoms with E-state index in [0.29, 0.717) is 22.2 Å². The number of thiocarbonyl (C=S) groups is 1. The number of anilines is 1. The van der Waals surface area contributed by atoms with Crippen LogP contribution in [-0.2, 0) is 0 Å². The minimum atomic E-state index is -0.418. The number of nitrogens with one attached hydrogen (secondary N) is 1. The Labute approximate surface area is 203 Å². The lowest BCUT2D eigenvalue weighted by molar-refractivity contribution is -0.384. The molecular formula is C24H17BrN4O3S. The highest BCUT2D eigenvalue weighted by atomic mass is 79.9. The van der Waals surface area contributed by atoms with Gasteiger partial charge in [0.1, 0.15) is 17.6 Å². The van der Waals surface area contributed by atoms with Crippen molar-refractivity contribution in [1.82, 2.24) is 10.3 Å². The first-order chi connectivity index (χ1) is 16.0. The number of halogens is 1. The van der Waals surface area contributed by atoms with Crippen molar-refractivity contribution in [3.63, 3.8) is 0 Å². The zero-order chi connectivity index (χ0) is 22.9. The molecular weight excluding hydrogens is 504 g/mol. The third-order valence-electron chi connectivity index (χ3n) is 5.46. The molecule has 0 spiro atoms. The predicted molar refractivity (Wildman–Crippen MR) is 133 cm³/mol. The summed E-state index contributed by atoms with van der Waals surface area (Å²) >= 11 is 9.19. The van der Waals surface area contributed by atoms with E-state index in [1.54, 1.807) is 18.3 Å². The number of nitrogens with zero attached hydrogens (tertiary/aromatic N) is 3. The van der Waals surface area contributed by atoms with Crippen LogP contribution < -0.4 is 10.2 Å². The normalized spacial score (nSPS) is 17.7. The van der Waals surface area contributed by atoms with Gasteiger partial charge in [0.2, 0.25) is 0 Å². The molecule has 0 unspecified atom stereocenters. The highest BCUT2D eigenvalue weighted by Crippen LogP contribution is 2.43. The molecule has 5 rings (SSSR count). The van der Waals surface area contributed by atoms with E-state index in [4.69, 9.17) is 16.6 Å². The Bertz CT molecular complexity index is 1330. The second kappa shape index (κ2) is 8.76. The molecule has 0 saturated carbocycles. The van der Waals surface area contributed by atoms with E-state index in [2.05, 4.69) is 26.2 Å². The number of nitro groups is 1. The lowest BCUT2D eigenvalue weighted by Crippen LogP contribution is -2.29. The molecule has 0 aliphatic carbocycles. The fraction of sp³-hybridized carbons (Fsp3) is 0.0833. The maximum Gasteiger partial charge on any atom is 0.270 e. The summed E-state index contributed by atoms with van der Waals surface area (Å²) in [6.45, 7) is 0. The summed E-state index contributed by atoms with van der Waals surface area (Å²) in [5.74, 6) is 1.21. The Kier molecular flexibility index (Phi) is 5.65. The zero-order valence-electron chi connectivity index (χ0n) is 17.1. The molecule has 164 valence electrons. The SMILES string of the molecule is O=[N+]([O-])c1cccc(-c2ccc([C@H]3[C@H](c4ccccn4)NC(=S)N3c3ccc(Br)cc3)o2)c1. The second-order valence-corrected chi connectivity index (χ2v) is 8.78. The van der Waals surface area contributed by atoms with Gasteiger partial charge in [-0.3, -0.25) is 15.1 Å². The van der Waals surface area contributed by atoms with Gasteiger partial charge in [-0.25, -0.2) is 0 Å². The number of rotatable bonds is 5. The highest BCUT2D eigenvalue weighted by Gasteiger charge is 2.42. The van der Waals surface area contributed by atoms with Gasteiger partial charge in [0.05, 0.1) is 16.7 Å². The molecule has 9 heteroatoms. The van der Waals surface area contributed by atoms with Crippen LogP contribution in [-0.4, -0.2) is 15.0 Å². The fourth-order valence-electron chi connectivity index (χ4n) is 3.96. The van der Waals surface area contributed by atoms with Crippen LogP contribution in [0.5, 0.6) is 0 Å². The van der Waals surface area contributed by atoms with Gasteiger partial charge < -0.3 is 14.6 Å². The van der Waals surface area contributed by atoms with E-state index < -0.39 is 4.92 Å². The van der Waals surface area contributed by atoms with Crippen LogP contribution in [0.2, 0.25) is 0 Å². The van der Waals surface area contributed by atoms with Gasteiger partial charge in [-0.2, -0.15) is 0 Å². The summed E-state index contributed by atoms with van der Waals surface area (Å²) in [4.78, 5) is 17.3. The van der Waals surface area contributed by atoms with Crippen LogP contribution in [0.4, 0.5) is 11.4 Å². The predicted octanol–water partition coefficient (Wildman–Crippen LogP) is 6.19. The van der Waals surface area contributed by atoms with Crippen molar-refractivity contribution in [2.24, 2.45) is 0 Å². The number of furan rings is 1. The molecule has 1 aliphatic heterocycles. The van der Waals surface area contributed by atoms with Crippen molar-refractivity contribution in [2.45, 2.75) is 12.1 Å². The molecule has 1 aliphatic rings. The number of aromatic nitrogens is 1. The molecule has 33 heavy (non-hydrogen) atoms. The minimum absolute atomic E-state index is 0.0111. The van der Waals surface area contributed by atoms with E-state index in [9.17, 15) is 10.1 Å². The topological polar surface area (TPSA) is 84.4 Å². The maximum absolute atomic E-state index is 11.2. The monoisotopic (exact) mass is 520 g/mol. The molecule has 2 atom stereocenters. The number of benzene rings is 2. The van der Waals surface area contributed by atoms with Crippen LogP contribution >= 0.6 is 28.1 Å². The standard InChI is InChI=1S/C24H17BrN4O3S/c25-16-7-9-17(10-8-16)28-23(22(27-24(28)33)19-6-1-2-13-26-19)21-12-11-20(32-21)15-4-3-5-18(14-15)29(30)31/h1-14,22-23H,(H,27,33)/t22-,23-/m0/s1. The fourth-order valence-corrected chi connectivity index (χ4v) is 4.57. The second-order valence-electron chi connectivity index (χ2n) is 7.48. The first-order valence-corrected chi connectivity index (χ1v) is 11.3. The van der Waals surface area contributed by atoms with Gasteiger partial charge in [0.25, 0.3) is 5.69 Å². The molecule has 4 aromatic rings. The molecule has 0 bridgehead atoms. The summed E-state index contributed by atoms with van der Waals surface area (Å²) in [6.07, 6.45) is 1.75. The van der Waals surface area contributed by atoms with E-state index in [0.717, 1.165) is 15.9 Å². The molecule has 1 fully saturated rings. The lowest BCUT2D eigenvalue weighted by atomic mass is 10.0. The zero-order valence-corrected chi connectivity index (χ0v) is 19.5. The molecule has 2 aromatic heterocycles. The van der Waals surface area contributed by atoms with Gasteiger partial charge in [-0.1, -0.05) is 34.1 Å². The number of pyridine rings is 1. The van der Waals surface area contributed by atoms with Gasteiger partial charge in [0, 0.05) is 34.1 Å². The Morgan fingerprint density at radius 2 is 1.88 bits per heavy atom. The Morgan fingerprint density at radius 1 is 1.06 bits per heavy atom. The van der Waals surface area contributed by atoms with E-state index >= 15 is 0 Å². The van der Waals surface area contributed by atoms with Crippen molar-refractivity contribution in [3.05, 3.63) is 111 Å². The first kappa shape index (κ1) is 21.3. The van der Waals surface area contributed by atoms with Gasteiger partial charge >= 0.3 is 0 Å². The summed E-state index contributed by atoms with van der Waals surface area (Å²) in [5.41, 5.74) is 2.38. The number of non-ortho nitro benzene ring substituents is 1. The Balaban J connectivity index is 1.58. The molecule has 1 N–H and O–H groups in total. The number of nitro benzene ring substituents is 1. The minimum Gasteiger partial charge on any atom is -0.459 e. The highest BCUT2D eigenvalue weighted by molar-refractivity contribution is 9.10. The van der Waals surface area contributed by atoms with E-state index in [1.807, 2.05) is 59.5 Å². The summed E-state index contributed by atoms with van der Waals surface area (Å²) in [7, 11) is 0. The summed E-state index contributed by atoms with van der Waals surface area (Å²) in [6, 6.07) is 23.2. The van der Waals surface area contributed by atoms with E-state index in [1.165, 1.54) is 12.1 Å². The van der Waals surface area contributed by atoms with Crippen molar-refractivity contribution in [3.8, 4) is 11.3 Å². The van der Waals surface area contributed by atoms with Crippen molar-refractivity contribution < 1.29 is 9.34 Å². The van der Waals surface area contributed by atoms with Crippen LogP contribution in [0.1, 0.15) is 23.5 Å². The quantitative estimate of drug-likeness (QED) is 0.191. The molecule has 1 saturated heterocycles. The van der Waals surface area contributed by atoms with Gasteiger partial charge in [-0.15, -0.1) is 0 Å². The average molecular weight is 521 g/mol. The first-order valence-electron chi connectivity index (χ1n) is 10.1. The molecule has 0 amide bonds. The molecule has 7 nitrogen and oxygen atoms in total. The third kappa shape index (κ3) is 4.12. The average Bonchev–Trinajstić information content (AvgIpc) is 3.45. The van der Waals surface area contributed by atoms with Crippen molar-refractivity contribution in [1.29, 1.82) is 0 Å². The van der Waals surface area contributed by atoms with Crippen molar-refractivity contribution in [2.75, 3.05) is 4.90 Å². The van der Waals surface area contributed by atoms with Gasteiger partial charge in [-0.05, 0) is 60.7 Å². The van der Waals surface area contributed by atoms with E-state index in [-0.39, 0.29) is 17.8 Å². The Morgan fingerprint density at radius 3 is 2.61 bits per heavy atom. The largest absolute Gasteiger partial charge is 0.459 e. The summed E-state index contributed by atoms with van der Waals surface area (Å²) in [5, 5.41) is 15.1. The smallest absolute Gasteiger partial charge is 0.270 e. The maximum atomic E-state index is 11.2. The Hall–Kier alpha value is -3.56. The van der Waals surface area contributed by atoms with Crippen LogP contribution in [0.3, 0.4) is 0 Å². The van der Waals surface area contributed by atoms with Crippen LogP contribution in [0.15, 0.2) is 93.9 Å². The van der Waals surface area contributed by atoms with Gasteiger partial charge in [0.15, 0.2) is 5.11 Å². The third-order valence-corrected chi connectivity index (χ3v) is 6.31. The molecule has 2 aromatic carbocycles. The number of hydrogen-bond donors (Lipinski definition) is 1. The summed E-state index contributed by atoms with van der Waals surface area (Å²) < 4.78 is 7.23. The van der Waals surface area contributed by atoms with Crippen LogP contribution in [0, 0.1) is 10.1 Å². The molecule has 0 radical (unpaired) electrons. The lowest BCUT2D eigenvalue weighted by Gasteiger charge is -2.26. The molecule has 3 heterocycles.